The van der Waals surface area contributed by atoms with E-state index in [1.54, 1.807) is 0 Å². The van der Waals surface area contributed by atoms with Crippen molar-refractivity contribution in [3.8, 4) is 0 Å². The number of fused-ring (bicyclic) bond motifs is 1. The molecule has 13 heavy (non-hydrogen) atoms. The van der Waals surface area contributed by atoms with Crippen molar-refractivity contribution in [2.45, 2.75) is 36.9 Å². The zero-order valence-corrected chi connectivity index (χ0v) is 7.24. The highest BCUT2D eigenvalue weighted by Crippen LogP contribution is 2.27. The minimum Gasteiger partial charge on any atom is -0.390 e. The van der Waals surface area contributed by atoms with Crippen LogP contribution >= 0.6 is 0 Å². The number of hydrogen-bond acceptors (Lipinski definition) is 5. The third kappa shape index (κ3) is 1.37. The number of nitrogens with zero attached hydrogens (tertiary/aromatic N) is 1. The normalized spacial score (nSPS) is 52.2. The first-order chi connectivity index (χ1) is 6.11. The minimum atomic E-state index is -0.944. The summed E-state index contributed by atoms with van der Waals surface area (Å²) in [7, 11) is 0. The summed E-state index contributed by atoms with van der Waals surface area (Å²) in [6, 6.07) is -0.501. The van der Waals surface area contributed by atoms with Crippen molar-refractivity contribution in [2.75, 3.05) is 13.1 Å². The highest BCUT2D eigenvalue weighted by Gasteiger charge is 2.48. The molecule has 0 bridgehead atoms. The zero-order valence-electron chi connectivity index (χ0n) is 7.24. The van der Waals surface area contributed by atoms with Crippen LogP contribution in [-0.4, -0.2) is 68.9 Å². The van der Waals surface area contributed by atoms with E-state index in [9.17, 15) is 20.4 Å². The van der Waals surface area contributed by atoms with Crippen LogP contribution in [0.5, 0.6) is 0 Å². The molecule has 4 N–H and O–H groups in total. The number of aliphatic hydroxyl groups excluding tert-OH is 4. The fourth-order valence-corrected chi connectivity index (χ4v) is 2.27. The van der Waals surface area contributed by atoms with Gasteiger partial charge in [0.05, 0.1) is 30.5 Å². The fourth-order valence-electron chi connectivity index (χ4n) is 2.27. The van der Waals surface area contributed by atoms with Crippen LogP contribution in [0, 0.1) is 0 Å². The van der Waals surface area contributed by atoms with Gasteiger partial charge in [-0.2, -0.15) is 0 Å². The molecular weight excluding hydrogens is 174 g/mol. The molecule has 0 spiro atoms. The molecule has 0 aliphatic carbocycles. The molecule has 5 atom stereocenters. The van der Waals surface area contributed by atoms with Crippen molar-refractivity contribution in [1.82, 2.24) is 4.90 Å². The Morgan fingerprint density at radius 3 is 2.23 bits per heavy atom. The fraction of sp³-hybridized carbons (Fsp3) is 1.00. The first-order valence-corrected chi connectivity index (χ1v) is 4.57. The van der Waals surface area contributed by atoms with Gasteiger partial charge >= 0.3 is 0 Å². The highest BCUT2D eigenvalue weighted by atomic mass is 16.4. The van der Waals surface area contributed by atoms with E-state index in [0.717, 1.165) is 0 Å². The zero-order chi connectivity index (χ0) is 9.59. The van der Waals surface area contributed by atoms with Gasteiger partial charge in [-0.05, 0) is 6.42 Å². The molecule has 0 aromatic rings. The molecular formula is C8H15NO4. The Balaban J connectivity index is 2.14. The van der Waals surface area contributed by atoms with Gasteiger partial charge in [0.2, 0.25) is 0 Å². The van der Waals surface area contributed by atoms with Crippen molar-refractivity contribution in [3.05, 3.63) is 0 Å². The number of hydrogen-bond donors (Lipinski definition) is 4. The van der Waals surface area contributed by atoms with E-state index in [1.807, 2.05) is 4.90 Å². The number of piperidine rings is 1. The van der Waals surface area contributed by atoms with Gasteiger partial charge in [-0.1, -0.05) is 0 Å². The van der Waals surface area contributed by atoms with E-state index in [2.05, 4.69) is 0 Å². The van der Waals surface area contributed by atoms with Crippen LogP contribution < -0.4 is 0 Å². The van der Waals surface area contributed by atoms with Gasteiger partial charge in [-0.3, -0.25) is 4.90 Å². The summed E-state index contributed by atoms with van der Waals surface area (Å²) in [4.78, 5) is 1.83. The average Bonchev–Trinajstić information content (AvgIpc) is 2.37. The van der Waals surface area contributed by atoms with Gasteiger partial charge in [-0.15, -0.1) is 0 Å². The van der Waals surface area contributed by atoms with Crippen LogP contribution in [-0.2, 0) is 0 Å². The van der Waals surface area contributed by atoms with Crippen LogP contribution in [0.1, 0.15) is 6.42 Å². The lowest BCUT2D eigenvalue weighted by Gasteiger charge is -2.37. The van der Waals surface area contributed by atoms with Crippen molar-refractivity contribution in [2.24, 2.45) is 0 Å². The van der Waals surface area contributed by atoms with E-state index in [-0.39, 0.29) is 0 Å². The smallest absolute Gasteiger partial charge is 0.0992 e. The molecule has 76 valence electrons. The Labute approximate surface area is 76.2 Å². The number of rotatable bonds is 0. The van der Waals surface area contributed by atoms with Gasteiger partial charge in [0.15, 0.2) is 0 Å². The minimum absolute atomic E-state index is 0.385. The largest absolute Gasteiger partial charge is 0.390 e. The van der Waals surface area contributed by atoms with Gasteiger partial charge in [-0.25, -0.2) is 0 Å². The summed E-state index contributed by atoms with van der Waals surface area (Å²) in [6.45, 7) is 1.01. The summed E-state index contributed by atoms with van der Waals surface area (Å²) in [5.74, 6) is 0. The van der Waals surface area contributed by atoms with Gasteiger partial charge in [0, 0.05) is 13.1 Å². The molecule has 2 saturated heterocycles. The van der Waals surface area contributed by atoms with Crippen LogP contribution in [0.25, 0.3) is 0 Å². The Kier molecular flexibility index (Phi) is 2.29. The van der Waals surface area contributed by atoms with Crippen molar-refractivity contribution in [1.29, 1.82) is 0 Å². The van der Waals surface area contributed by atoms with Crippen LogP contribution in [0.4, 0.5) is 0 Å². The summed E-state index contributed by atoms with van der Waals surface area (Å²) in [5, 5.41) is 37.8. The second kappa shape index (κ2) is 3.18. The molecule has 2 rings (SSSR count). The molecule has 0 radical (unpaired) electrons. The van der Waals surface area contributed by atoms with Crippen molar-refractivity contribution >= 4 is 0 Å². The van der Waals surface area contributed by atoms with E-state index in [1.165, 1.54) is 0 Å². The first kappa shape index (κ1) is 9.36. The SMILES string of the molecule is OC1CN2CC[C@H](O)[C@@H](O)[C@@H]2[C@@H]1O. The molecule has 2 aliphatic rings. The lowest BCUT2D eigenvalue weighted by atomic mass is 9.94. The third-order valence-electron chi connectivity index (χ3n) is 3.04. The summed E-state index contributed by atoms with van der Waals surface area (Å²) in [6.07, 6.45) is -2.96. The Morgan fingerprint density at radius 1 is 0.923 bits per heavy atom. The number of aliphatic hydroxyl groups is 4. The maximum Gasteiger partial charge on any atom is 0.0992 e. The van der Waals surface area contributed by atoms with Crippen molar-refractivity contribution in [3.63, 3.8) is 0 Å². The monoisotopic (exact) mass is 189 g/mol. The second-order valence-electron chi connectivity index (χ2n) is 3.89. The lowest BCUT2D eigenvalue weighted by molar-refractivity contribution is -0.0907. The molecule has 0 aromatic heterocycles. The molecule has 0 aromatic carbocycles. The quantitative estimate of drug-likeness (QED) is 0.339. The summed E-state index contributed by atoms with van der Waals surface area (Å²) < 4.78 is 0. The lowest BCUT2D eigenvalue weighted by Crippen LogP contribution is -2.55. The van der Waals surface area contributed by atoms with E-state index in [4.69, 9.17) is 0 Å². The predicted octanol–water partition coefficient (Wildman–Crippen LogP) is -2.48. The van der Waals surface area contributed by atoms with Crippen LogP contribution in [0.15, 0.2) is 0 Å². The Hall–Kier alpha value is -0.200. The molecule has 5 heteroatoms. The summed E-state index contributed by atoms with van der Waals surface area (Å²) >= 11 is 0. The highest BCUT2D eigenvalue weighted by molar-refractivity contribution is 5.02. The molecule has 5 nitrogen and oxygen atoms in total. The predicted molar refractivity (Wildman–Crippen MR) is 44.0 cm³/mol. The first-order valence-electron chi connectivity index (χ1n) is 4.57. The van der Waals surface area contributed by atoms with Gasteiger partial charge < -0.3 is 20.4 Å². The maximum absolute atomic E-state index is 9.57. The van der Waals surface area contributed by atoms with Crippen molar-refractivity contribution < 1.29 is 20.4 Å². The van der Waals surface area contributed by atoms with Gasteiger partial charge in [0.25, 0.3) is 0 Å². The molecule has 2 heterocycles. The second-order valence-corrected chi connectivity index (χ2v) is 3.89. The third-order valence-corrected chi connectivity index (χ3v) is 3.04. The Morgan fingerprint density at radius 2 is 1.54 bits per heavy atom. The molecule has 1 unspecified atom stereocenters. The average molecular weight is 189 g/mol. The van der Waals surface area contributed by atoms with E-state index in [0.29, 0.717) is 19.5 Å². The molecule has 0 saturated carbocycles. The Bertz CT molecular complexity index is 199. The summed E-state index contributed by atoms with van der Waals surface area (Å²) in [5.41, 5.74) is 0. The molecule has 0 amide bonds. The van der Waals surface area contributed by atoms with Crippen LogP contribution in [0.3, 0.4) is 0 Å². The van der Waals surface area contributed by atoms with E-state index >= 15 is 0 Å². The van der Waals surface area contributed by atoms with E-state index < -0.39 is 30.5 Å². The molecule has 2 aliphatic heterocycles. The van der Waals surface area contributed by atoms with Gasteiger partial charge in [0.1, 0.15) is 0 Å². The standard InChI is InChI=1S/C8H15NO4/c10-4-1-2-9-3-5(11)8(13)6(9)7(4)12/h4-8,10-13H,1-3H2/t4-,5?,6+,7+,8+/m0/s1. The molecule has 2 fully saturated rings. The topological polar surface area (TPSA) is 84.2 Å². The van der Waals surface area contributed by atoms with Crippen LogP contribution in [0.2, 0.25) is 0 Å². The maximum atomic E-state index is 9.57.